The molecule has 0 spiro atoms. The van der Waals surface area contributed by atoms with Crippen LogP contribution in [0.5, 0.6) is 0 Å². The molecule has 0 aliphatic heterocycles. The van der Waals surface area contributed by atoms with Gasteiger partial charge in [0.05, 0.1) is 0 Å². The summed E-state index contributed by atoms with van der Waals surface area (Å²) in [6.45, 7) is 6.91. The third-order valence-corrected chi connectivity index (χ3v) is 11.4. The minimum absolute atomic E-state index is 1.35. The van der Waals surface area contributed by atoms with E-state index in [1.165, 1.54) is 134 Å². The average Bonchev–Trinajstić information content (AvgIpc) is 2.64. The smallest absolute Gasteiger partial charge is 0.156 e. The zero-order valence-electron chi connectivity index (χ0n) is 18.7. The van der Waals surface area contributed by atoms with E-state index in [-0.39, 0.29) is 0 Å². The van der Waals surface area contributed by atoms with Crippen molar-refractivity contribution in [3.8, 4) is 0 Å². The Morgan fingerprint density at radius 3 is 0.885 bits per heavy atom. The van der Waals surface area contributed by atoms with Gasteiger partial charge in [0.25, 0.3) is 0 Å². The molecule has 0 amide bonds. The first-order chi connectivity index (χ1) is 12.7. The molecule has 0 bridgehead atoms. The second kappa shape index (κ2) is 20.2. The van der Waals surface area contributed by atoms with Gasteiger partial charge in [-0.3, -0.25) is 0 Å². The number of hydrogen-bond acceptors (Lipinski definition) is 0. The van der Waals surface area contributed by atoms with Crippen LogP contribution in [0.4, 0.5) is 0 Å². The fourth-order valence-electron chi connectivity index (χ4n) is 4.04. The maximum absolute atomic E-state index is 7.30. The van der Waals surface area contributed by atoms with Gasteiger partial charge in [0.2, 0.25) is 0 Å². The molecule has 0 heterocycles. The molecular weight excluding hydrogens is 352 g/mol. The zero-order valence-corrected chi connectivity index (χ0v) is 20.5. The molecule has 0 aliphatic rings. The van der Waals surface area contributed by atoms with Crippen LogP contribution in [0.1, 0.15) is 136 Å². The molecule has 158 valence electrons. The quantitative estimate of drug-likeness (QED) is 0.102. The van der Waals surface area contributed by atoms with Gasteiger partial charge >= 0.3 is 0 Å². The molecule has 0 saturated carbocycles. The molecule has 0 aromatic carbocycles. The van der Waals surface area contributed by atoms with Gasteiger partial charge in [-0.05, 0) is 18.1 Å². The molecule has 0 fully saturated rings. The summed E-state index contributed by atoms with van der Waals surface area (Å²) < 4.78 is 0. The van der Waals surface area contributed by atoms with Crippen LogP contribution in [-0.2, 0) is 0 Å². The van der Waals surface area contributed by atoms with Gasteiger partial charge in [0, 0.05) is 0 Å². The number of halogens is 1. The molecule has 0 aromatic rings. The molecule has 0 aliphatic carbocycles. The highest BCUT2D eigenvalue weighted by molar-refractivity contribution is 7.20. The van der Waals surface area contributed by atoms with Crippen LogP contribution in [0, 0.1) is 0 Å². The number of unbranched alkanes of at least 4 members (excludes halogenated alkanes) is 15. The van der Waals surface area contributed by atoms with Gasteiger partial charge < -0.3 is 0 Å². The highest BCUT2D eigenvalue weighted by Gasteiger charge is 2.28. The van der Waals surface area contributed by atoms with Crippen molar-refractivity contribution < 1.29 is 0 Å². The molecule has 0 nitrogen and oxygen atoms in total. The third kappa shape index (κ3) is 17.9. The Hall–Kier alpha value is 0.507. The van der Waals surface area contributed by atoms with E-state index < -0.39 is 7.38 Å². The first-order valence-electron chi connectivity index (χ1n) is 12.4. The van der Waals surface area contributed by atoms with Crippen molar-refractivity contribution in [1.82, 2.24) is 0 Å². The molecule has 0 atom stereocenters. The first kappa shape index (κ1) is 26.5. The molecule has 0 saturated heterocycles. The largest absolute Gasteiger partial charge is 0.167 e. The van der Waals surface area contributed by atoms with Crippen molar-refractivity contribution in [1.29, 1.82) is 0 Å². The van der Waals surface area contributed by atoms with E-state index in [0.717, 1.165) is 0 Å². The highest BCUT2D eigenvalue weighted by Crippen LogP contribution is 2.33. The maximum atomic E-state index is 7.30. The van der Waals surface area contributed by atoms with Gasteiger partial charge in [-0.1, -0.05) is 136 Å². The number of hydrogen-bond donors (Lipinski definition) is 0. The predicted octanol–water partition coefficient (Wildman–Crippen LogP) is 10.3. The Balaban J connectivity index is 4.02. The lowest BCUT2D eigenvalue weighted by molar-refractivity contribution is 0.609. The van der Waals surface area contributed by atoms with Crippen LogP contribution < -0.4 is 0 Å². The topological polar surface area (TPSA) is 0 Å². The molecule has 0 N–H and O–H groups in total. The summed E-state index contributed by atoms with van der Waals surface area (Å²) in [7, 11) is -1.48. The van der Waals surface area contributed by atoms with Crippen LogP contribution in [0.2, 0.25) is 18.1 Å². The van der Waals surface area contributed by atoms with Crippen LogP contribution in [0.25, 0.3) is 0 Å². The lowest BCUT2D eigenvalue weighted by Crippen LogP contribution is -2.26. The minimum atomic E-state index is -1.48. The SMILES string of the molecule is CCCCCCCC[Si](Cl)(CCCCCCCC)CCCCCCCC. The van der Waals surface area contributed by atoms with Gasteiger partial charge in [-0.25, -0.2) is 0 Å². The van der Waals surface area contributed by atoms with E-state index in [1.807, 2.05) is 0 Å². The molecule has 0 unspecified atom stereocenters. The van der Waals surface area contributed by atoms with Crippen molar-refractivity contribution in [3.63, 3.8) is 0 Å². The summed E-state index contributed by atoms with van der Waals surface area (Å²) >= 11 is 7.30. The fraction of sp³-hybridized carbons (Fsp3) is 1.00. The van der Waals surface area contributed by atoms with Crippen LogP contribution in [0.15, 0.2) is 0 Å². The Kier molecular flexibility index (Phi) is 20.6. The van der Waals surface area contributed by atoms with E-state index in [2.05, 4.69) is 20.8 Å². The first-order valence-corrected chi connectivity index (χ1v) is 16.0. The van der Waals surface area contributed by atoms with E-state index in [1.54, 1.807) is 0 Å². The summed E-state index contributed by atoms with van der Waals surface area (Å²) in [5.41, 5.74) is 0. The third-order valence-electron chi connectivity index (χ3n) is 5.94. The molecular formula is C24H51ClSi. The molecule has 0 rings (SSSR count). The van der Waals surface area contributed by atoms with Crippen molar-refractivity contribution in [2.45, 2.75) is 154 Å². The summed E-state index contributed by atoms with van der Waals surface area (Å²) in [5.74, 6) is 0. The highest BCUT2D eigenvalue weighted by atomic mass is 35.6. The van der Waals surface area contributed by atoms with Gasteiger partial charge in [0.1, 0.15) is 0 Å². The van der Waals surface area contributed by atoms with Crippen LogP contribution in [0.3, 0.4) is 0 Å². The van der Waals surface area contributed by atoms with Gasteiger partial charge in [-0.2, -0.15) is 11.1 Å². The summed E-state index contributed by atoms with van der Waals surface area (Å²) in [6.07, 6.45) is 25.4. The normalized spacial score (nSPS) is 12.0. The molecule has 26 heavy (non-hydrogen) atoms. The van der Waals surface area contributed by atoms with E-state index in [4.69, 9.17) is 11.1 Å². The van der Waals surface area contributed by atoms with Crippen LogP contribution >= 0.6 is 11.1 Å². The number of rotatable bonds is 21. The lowest BCUT2D eigenvalue weighted by atomic mass is 10.1. The Bertz CT molecular complexity index is 226. The molecule has 2 heteroatoms. The van der Waals surface area contributed by atoms with Gasteiger partial charge in [0.15, 0.2) is 7.38 Å². The molecule has 0 radical (unpaired) electrons. The van der Waals surface area contributed by atoms with E-state index in [9.17, 15) is 0 Å². The second-order valence-electron chi connectivity index (χ2n) is 8.70. The average molecular weight is 403 g/mol. The summed E-state index contributed by atoms with van der Waals surface area (Å²) in [6, 6.07) is 4.18. The van der Waals surface area contributed by atoms with Crippen molar-refractivity contribution >= 4 is 18.5 Å². The Labute approximate surface area is 173 Å². The standard InChI is InChI=1S/C24H51ClSi/c1-4-7-10-13-16-19-22-26(25,23-20-17-14-11-8-5-2)24-21-18-15-12-9-6-3/h4-24H2,1-3H3. The van der Waals surface area contributed by atoms with Crippen molar-refractivity contribution in [2.24, 2.45) is 0 Å². The second-order valence-corrected chi connectivity index (χ2v) is 14.9. The van der Waals surface area contributed by atoms with E-state index in [0.29, 0.717) is 0 Å². The Morgan fingerprint density at radius 2 is 0.615 bits per heavy atom. The Morgan fingerprint density at radius 1 is 0.385 bits per heavy atom. The van der Waals surface area contributed by atoms with Crippen LogP contribution in [-0.4, -0.2) is 7.38 Å². The monoisotopic (exact) mass is 402 g/mol. The summed E-state index contributed by atoms with van der Waals surface area (Å²) in [5, 5.41) is 0. The zero-order chi connectivity index (χ0) is 19.3. The summed E-state index contributed by atoms with van der Waals surface area (Å²) in [4.78, 5) is 0. The van der Waals surface area contributed by atoms with Crippen molar-refractivity contribution in [2.75, 3.05) is 0 Å². The lowest BCUT2D eigenvalue weighted by Gasteiger charge is -2.25. The fourth-order valence-corrected chi connectivity index (χ4v) is 8.65. The minimum Gasteiger partial charge on any atom is -0.167 e. The van der Waals surface area contributed by atoms with Gasteiger partial charge in [-0.15, -0.1) is 0 Å². The van der Waals surface area contributed by atoms with Crippen molar-refractivity contribution in [3.05, 3.63) is 0 Å². The van der Waals surface area contributed by atoms with E-state index >= 15 is 0 Å². The predicted molar refractivity (Wildman–Crippen MR) is 126 cm³/mol. The molecule has 0 aromatic heterocycles. The maximum Gasteiger partial charge on any atom is 0.156 e.